The van der Waals surface area contributed by atoms with Gasteiger partial charge in [-0.2, -0.15) is 13.2 Å². The average molecular weight is 311 g/mol. The first-order chi connectivity index (χ1) is 9.16. The quantitative estimate of drug-likeness (QED) is 0.786. The molecule has 4 nitrogen and oxygen atoms in total. The van der Waals surface area contributed by atoms with Crippen LogP contribution in [-0.4, -0.2) is 41.7 Å². The summed E-state index contributed by atoms with van der Waals surface area (Å²) in [6, 6.07) is 0. The van der Waals surface area contributed by atoms with Crippen molar-refractivity contribution in [3.63, 3.8) is 0 Å². The zero-order valence-electron chi connectivity index (χ0n) is 11.9. The van der Waals surface area contributed by atoms with Crippen molar-refractivity contribution in [3.05, 3.63) is 10.0 Å². The van der Waals surface area contributed by atoms with Crippen LogP contribution in [0.4, 0.5) is 13.2 Å². The average Bonchev–Trinajstić information content (AvgIpc) is 2.69. The summed E-state index contributed by atoms with van der Waals surface area (Å²) in [5.41, 5.74) is 0.0545. The fourth-order valence-corrected chi connectivity index (χ4v) is 2.21. The highest BCUT2D eigenvalue weighted by Crippen LogP contribution is 2.15. The Morgan fingerprint density at radius 2 is 1.70 bits per heavy atom. The van der Waals surface area contributed by atoms with Gasteiger partial charge in [-0.25, -0.2) is 0 Å². The second-order valence-electron chi connectivity index (χ2n) is 5.43. The fourth-order valence-electron chi connectivity index (χ4n) is 1.38. The molecule has 0 saturated heterocycles. The van der Waals surface area contributed by atoms with Crippen molar-refractivity contribution in [2.75, 3.05) is 19.8 Å². The van der Waals surface area contributed by atoms with Gasteiger partial charge in [0.25, 0.3) is 0 Å². The number of nitrogens with zero attached hydrogens (tertiary/aromatic N) is 2. The Morgan fingerprint density at radius 1 is 1.10 bits per heavy atom. The number of nitrogens with one attached hydrogen (secondary N) is 1. The normalized spacial score (nSPS) is 12.9. The molecule has 0 saturated carbocycles. The number of hydrogen-bond acceptors (Lipinski definition) is 5. The van der Waals surface area contributed by atoms with Crippen LogP contribution in [-0.2, 0) is 17.6 Å². The Bertz CT molecular complexity index is 401. The van der Waals surface area contributed by atoms with E-state index in [4.69, 9.17) is 0 Å². The van der Waals surface area contributed by atoms with Gasteiger partial charge in [-0.05, 0) is 20.8 Å². The molecular weight excluding hydrogens is 291 g/mol. The van der Waals surface area contributed by atoms with E-state index in [1.807, 2.05) is 0 Å². The van der Waals surface area contributed by atoms with Crippen molar-refractivity contribution in [2.24, 2.45) is 0 Å². The van der Waals surface area contributed by atoms with E-state index in [1.54, 1.807) is 0 Å². The van der Waals surface area contributed by atoms with Crippen molar-refractivity contribution in [2.45, 2.75) is 45.3 Å². The lowest BCUT2D eigenvalue weighted by atomic mass is 10.1. The van der Waals surface area contributed by atoms with Gasteiger partial charge >= 0.3 is 6.18 Å². The summed E-state index contributed by atoms with van der Waals surface area (Å²) in [6.45, 7) is 5.83. The monoisotopic (exact) mass is 311 g/mol. The molecule has 1 aromatic rings. The molecule has 0 fully saturated rings. The lowest BCUT2D eigenvalue weighted by Gasteiger charge is -2.19. The van der Waals surface area contributed by atoms with Gasteiger partial charge in [0.2, 0.25) is 0 Å². The van der Waals surface area contributed by atoms with Crippen LogP contribution in [0.1, 0.15) is 30.8 Å². The van der Waals surface area contributed by atoms with E-state index in [-0.39, 0.29) is 12.1 Å². The third-order valence-electron chi connectivity index (χ3n) is 2.23. The summed E-state index contributed by atoms with van der Waals surface area (Å²) in [5, 5.41) is 12.9. The molecule has 1 N–H and O–H groups in total. The van der Waals surface area contributed by atoms with Crippen LogP contribution >= 0.6 is 11.3 Å². The highest BCUT2D eigenvalue weighted by atomic mass is 32.1. The SMILES string of the molecule is CC(C)(C)NCCc1nnc(CCOCC(F)(F)F)s1. The van der Waals surface area contributed by atoms with E-state index in [9.17, 15) is 13.2 Å². The third-order valence-corrected chi connectivity index (χ3v) is 3.27. The van der Waals surface area contributed by atoms with E-state index in [2.05, 4.69) is 41.0 Å². The van der Waals surface area contributed by atoms with Gasteiger partial charge in [0.05, 0.1) is 6.61 Å². The molecule has 0 amide bonds. The van der Waals surface area contributed by atoms with Gasteiger partial charge in [0.15, 0.2) is 0 Å². The molecule has 0 radical (unpaired) electrons. The summed E-state index contributed by atoms with van der Waals surface area (Å²) >= 11 is 1.42. The molecule has 0 unspecified atom stereocenters. The first-order valence-electron chi connectivity index (χ1n) is 6.36. The minimum atomic E-state index is -4.27. The summed E-state index contributed by atoms with van der Waals surface area (Å²) in [5.74, 6) is 0. The van der Waals surface area contributed by atoms with Crippen molar-refractivity contribution >= 4 is 11.3 Å². The molecule has 0 atom stereocenters. The molecule has 1 aromatic heterocycles. The first kappa shape index (κ1) is 17.3. The smallest absolute Gasteiger partial charge is 0.372 e. The Morgan fingerprint density at radius 3 is 2.25 bits per heavy atom. The third kappa shape index (κ3) is 8.44. The standard InChI is InChI=1S/C12H20F3N3OS/c1-11(2,3)16-6-4-9-17-18-10(20-9)5-7-19-8-12(13,14)15/h16H,4-8H2,1-3H3. The van der Waals surface area contributed by atoms with Gasteiger partial charge in [-0.15, -0.1) is 21.5 Å². The lowest BCUT2D eigenvalue weighted by molar-refractivity contribution is -0.173. The fraction of sp³-hybridized carbons (Fsp3) is 0.833. The van der Waals surface area contributed by atoms with Crippen molar-refractivity contribution in [1.29, 1.82) is 0 Å². The number of hydrogen-bond donors (Lipinski definition) is 1. The van der Waals surface area contributed by atoms with Crippen molar-refractivity contribution < 1.29 is 17.9 Å². The zero-order valence-corrected chi connectivity index (χ0v) is 12.7. The number of aromatic nitrogens is 2. The van der Waals surface area contributed by atoms with Crippen molar-refractivity contribution in [1.82, 2.24) is 15.5 Å². The molecule has 0 aromatic carbocycles. The molecule has 0 aliphatic heterocycles. The van der Waals surface area contributed by atoms with Crippen LogP contribution in [0.15, 0.2) is 0 Å². The number of halogens is 3. The van der Waals surface area contributed by atoms with Crippen LogP contribution in [0.2, 0.25) is 0 Å². The molecule has 116 valence electrons. The van der Waals surface area contributed by atoms with E-state index < -0.39 is 12.8 Å². The van der Waals surface area contributed by atoms with Crippen LogP contribution in [0.25, 0.3) is 0 Å². The summed E-state index contributed by atoms with van der Waals surface area (Å²) < 4.78 is 40.1. The predicted octanol–water partition coefficient (Wildman–Crippen LogP) is 2.59. The molecule has 1 rings (SSSR count). The number of rotatable bonds is 7. The summed E-state index contributed by atoms with van der Waals surface area (Å²) in [4.78, 5) is 0. The zero-order chi connectivity index (χ0) is 15.2. The molecule has 0 bridgehead atoms. The molecule has 0 spiro atoms. The minimum absolute atomic E-state index is 0.00832. The van der Waals surface area contributed by atoms with Gasteiger partial charge in [-0.1, -0.05) is 0 Å². The van der Waals surface area contributed by atoms with Crippen LogP contribution in [0.3, 0.4) is 0 Å². The van der Waals surface area contributed by atoms with Crippen LogP contribution in [0.5, 0.6) is 0 Å². The second kappa shape index (κ2) is 7.33. The molecule has 0 aliphatic carbocycles. The Kier molecular flexibility index (Phi) is 6.35. The second-order valence-corrected chi connectivity index (χ2v) is 6.58. The predicted molar refractivity (Wildman–Crippen MR) is 71.9 cm³/mol. The molecule has 20 heavy (non-hydrogen) atoms. The Balaban J connectivity index is 2.22. The summed E-state index contributed by atoms with van der Waals surface area (Å²) in [7, 11) is 0. The van der Waals surface area contributed by atoms with Crippen LogP contribution < -0.4 is 5.32 Å². The van der Waals surface area contributed by atoms with Gasteiger partial charge in [-0.3, -0.25) is 0 Å². The first-order valence-corrected chi connectivity index (χ1v) is 7.18. The Labute approximate surface area is 120 Å². The highest BCUT2D eigenvalue weighted by Gasteiger charge is 2.27. The highest BCUT2D eigenvalue weighted by molar-refractivity contribution is 7.11. The summed E-state index contributed by atoms with van der Waals surface area (Å²) in [6.07, 6.45) is -3.15. The molecule has 1 heterocycles. The maximum absolute atomic E-state index is 11.9. The van der Waals surface area contributed by atoms with E-state index in [0.29, 0.717) is 11.4 Å². The van der Waals surface area contributed by atoms with Gasteiger partial charge < -0.3 is 10.1 Å². The number of alkyl halides is 3. The van der Waals surface area contributed by atoms with E-state index in [1.165, 1.54) is 11.3 Å². The molecule has 0 aliphatic rings. The van der Waals surface area contributed by atoms with Gasteiger partial charge in [0.1, 0.15) is 16.6 Å². The van der Waals surface area contributed by atoms with E-state index in [0.717, 1.165) is 18.0 Å². The molecular formula is C12H20F3N3OS. The lowest BCUT2D eigenvalue weighted by Crippen LogP contribution is -2.37. The maximum atomic E-state index is 11.9. The van der Waals surface area contributed by atoms with E-state index >= 15 is 0 Å². The van der Waals surface area contributed by atoms with Crippen molar-refractivity contribution in [3.8, 4) is 0 Å². The largest absolute Gasteiger partial charge is 0.411 e. The topological polar surface area (TPSA) is 47.0 Å². The maximum Gasteiger partial charge on any atom is 0.411 e. The minimum Gasteiger partial charge on any atom is -0.372 e. The van der Waals surface area contributed by atoms with Crippen LogP contribution in [0, 0.1) is 0 Å². The van der Waals surface area contributed by atoms with Gasteiger partial charge in [0, 0.05) is 24.9 Å². The number of ether oxygens (including phenoxy) is 1. The molecule has 8 heteroatoms. The Hall–Kier alpha value is -0.730.